The van der Waals surface area contributed by atoms with Gasteiger partial charge in [0.1, 0.15) is 23.0 Å². The van der Waals surface area contributed by atoms with Gasteiger partial charge >= 0.3 is 0 Å². The number of aliphatic imine (C=N–C) groups is 1. The van der Waals surface area contributed by atoms with Crippen LogP contribution in [-0.2, 0) is 0 Å². The summed E-state index contributed by atoms with van der Waals surface area (Å²) >= 11 is 0. The molecular weight excluding hydrogens is 288 g/mol. The van der Waals surface area contributed by atoms with E-state index in [0.717, 1.165) is 17.0 Å². The third-order valence-corrected chi connectivity index (χ3v) is 3.34. The van der Waals surface area contributed by atoms with Crippen LogP contribution in [0.4, 0.5) is 5.69 Å². The molecule has 0 saturated carbocycles. The number of benzene rings is 2. The third-order valence-electron chi connectivity index (χ3n) is 3.34. The molecule has 3 aromatic rings. The Labute approximate surface area is 134 Å². The zero-order valence-electron chi connectivity index (χ0n) is 12.6. The van der Waals surface area contributed by atoms with Gasteiger partial charge < -0.3 is 9.15 Å². The van der Waals surface area contributed by atoms with Crippen LogP contribution >= 0.6 is 0 Å². The molecule has 0 amide bonds. The van der Waals surface area contributed by atoms with Crippen molar-refractivity contribution < 1.29 is 9.15 Å². The van der Waals surface area contributed by atoms with Gasteiger partial charge in [-0.25, -0.2) is 4.99 Å². The van der Waals surface area contributed by atoms with Gasteiger partial charge in [-0.05, 0) is 48.5 Å². The lowest BCUT2D eigenvalue weighted by atomic mass is 10.1. The van der Waals surface area contributed by atoms with Crippen molar-refractivity contribution in [1.29, 1.82) is 5.26 Å². The molecule has 0 aliphatic carbocycles. The first kappa shape index (κ1) is 14.6. The molecule has 0 aliphatic rings. The average molecular weight is 302 g/mol. The van der Waals surface area contributed by atoms with E-state index in [-0.39, 0.29) is 0 Å². The molecule has 0 fully saturated rings. The quantitative estimate of drug-likeness (QED) is 0.663. The van der Waals surface area contributed by atoms with Crippen molar-refractivity contribution in [3.8, 4) is 23.1 Å². The molecule has 0 bridgehead atoms. The van der Waals surface area contributed by atoms with Crippen LogP contribution in [0, 0.1) is 11.3 Å². The number of nitriles is 1. The molecule has 0 atom stereocenters. The second-order valence-corrected chi connectivity index (χ2v) is 4.82. The number of furan rings is 1. The summed E-state index contributed by atoms with van der Waals surface area (Å²) in [4.78, 5) is 4.39. The minimum absolute atomic E-state index is 0.623. The predicted molar refractivity (Wildman–Crippen MR) is 89.1 cm³/mol. The largest absolute Gasteiger partial charge is 0.494 e. The van der Waals surface area contributed by atoms with Crippen molar-refractivity contribution in [3.05, 3.63) is 72.0 Å². The summed E-state index contributed by atoms with van der Waals surface area (Å²) in [6, 6.07) is 20.6. The number of para-hydroxylation sites is 2. The van der Waals surface area contributed by atoms with Gasteiger partial charge in [0, 0.05) is 5.56 Å². The van der Waals surface area contributed by atoms with Gasteiger partial charge in [-0.3, -0.25) is 0 Å². The highest BCUT2D eigenvalue weighted by Gasteiger charge is 2.04. The van der Waals surface area contributed by atoms with Crippen LogP contribution in [0.25, 0.3) is 11.3 Å². The van der Waals surface area contributed by atoms with E-state index in [0.29, 0.717) is 17.1 Å². The molecule has 0 aliphatic heterocycles. The van der Waals surface area contributed by atoms with Crippen molar-refractivity contribution >= 4 is 11.9 Å². The molecule has 1 aromatic heterocycles. The highest BCUT2D eigenvalue weighted by Crippen LogP contribution is 2.27. The number of hydrogen-bond acceptors (Lipinski definition) is 4. The molecule has 1 heterocycles. The maximum atomic E-state index is 8.82. The zero-order chi connectivity index (χ0) is 16.1. The van der Waals surface area contributed by atoms with E-state index in [2.05, 4.69) is 11.1 Å². The van der Waals surface area contributed by atoms with Gasteiger partial charge in [-0.15, -0.1) is 0 Å². The summed E-state index contributed by atoms with van der Waals surface area (Å²) in [6.45, 7) is 0. The fourth-order valence-corrected chi connectivity index (χ4v) is 2.16. The summed E-state index contributed by atoms with van der Waals surface area (Å²) in [5.41, 5.74) is 2.28. The molecular formula is C19H14N2O2. The first-order valence-corrected chi connectivity index (χ1v) is 7.07. The number of ether oxygens (including phenoxy) is 1. The lowest BCUT2D eigenvalue weighted by Gasteiger charge is -2.02. The van der Waals surface area contributed by atoms with Crippen LogP contribution in [0.15, 0.2) is 70.1 Å². The van der Waals surface area contributed by atoms with Crippen LogP contribution in [0.5, 0.6) is 5.75 Å². The van der Waals surface area contributed by atoms with Crippen LogP contribution in [0.1, 0.15) is 11.3 Å². The van der Waals surface area contributed by atoms with Crippen molar-refractivity contribution in [2.75, 3.05) is 7.11 Å². The summed E-state index contributed by atoms with van der Waals surface area (Å²) in [7, 11) is 1.62. The predicted octanol–water partition coefficient (Wildman–Crippen LogP) is 4.58. The van der Waals surface area contributed by atoms with Crippen molar-refractivity contribution in [2.45, 2.75) is 0 Å². The van der Waals surface area contributed by atoms with Gasteiger partial charge in [0.25, 0.3) is 0 Å². The molecule has 23 heavy (non-hydrogen) atoms. The lowest BCUT2D eigenvalue weighted by molar-refractivity contribution is 0.416. The molecule has 4 nitrogen and oxygen atoms in total. The Bertz CT molecular complexity index is 871. The molecule has 0 spiro atoms. The van der Waals surface area contributed by atoms with E-state index in [9.17, 15) is 0 Å². The maximum Gasteiger partial charge on any atom is 0.145 e. The second-order valence-electron chi connectivity index (χ2n) is 4.82. The van der Waals surface area contributed by atoms with Crippen LogP contribution in [0.2, 0.25) is 0 Å². The Morgan fingerprint density at radius 3 is 2.57 bits per heavy atom. The van der Waals surface area contributed by atoms with E-state index in [4.69, 9.17) is 14.4 Å². The molecule has 0 N–H and O–H groups in total. The molecule has 0 radical (unpaired) electrons. The molecule has 3 rings (SSSR count). The van der Waals surface area contributed by atoms with Crippen LogP contribution in [-0.4, -0.2) is 13.3 Å². The third kappa shape index (κ3) is 3.30. The van der Waals surface area contributed by atoms with Crippen molar-refractivity contribution in [1.82, 2.24) is 0 Å². The Hall–Kier alpha value is -3.32. The summed E-state index contributed by atoms with van der Waals surface area (Å²) in [5, 5.41) is 8.82. The summed E-state index contributed by atoms with van der Waals surface area (Å²) < 4.78 is 11.0. The number of nitrogens with zero attached hydrogens (tertiary/aromatic N) is 2. The van der Waals surface area contributed by atoms with Crippen molar-refractivity contribution in [3.63, 3.8) is 0 Å². The molecule has 0 saturated heterocycles. The second kappa shape index (κ2) is 6.63. The number of methoxy groups -OCH3 is 1. The van der Waals surface area contributed by atoms with Crippen molar-refractivity contribution in [2.24, 2.45) is 4.99 Å². The number of rotatable bonds is 4. The molecule has 4 heteroatoms. The highest BCUT2D eigenvalue weighted by molar-refractivity contribution is 5.80. The first-order chi connectivity index (χ1) is 11.3. The van der Waals surface area contributed by atoms with Gasteiger partial charge in [-0.1, -0.05) is 12.1 Å². The molecule has 112 valence electrons. The summed E-state index contributed by atoms with van der Waals surface area (Å²) in [6.07, 6.45) is 1.66. The highest BCUT2D eigenvalue weighted by atomic mass is 16.5. The van der Waals surface area contributed by atoms with Gasteiger partial charge in [0.05, 0.1) is 25.0 Å². The minimum Gasteiger partial charge on any atom is -0.494 e. The van der Waals surface area contributed by atoms with E-state index in [1.165, 1.54) is 0 Å². The average Bonchev–Trinajstić information content (AvgIpc) is 3.09. The Morgan fingerprint density at radius 2 is 1.83 bits per heavy atom. The van der Waals surface area contributed by atoms with Gasteiger partial charge in [-0.2, -0.15) is 5.26 Å². The minimum atomic E-state index is 0.623. The molecule has 2 aromatic carbocycles. The number of hydrogen-bond donors (Lipinski definition) is 0. The zero-order valence-corrected chi connectivity index (χ0v) is 12.6. The lowest BCUT2D eigenvalue weighted by Crippen LogP contribution is -1.83. The SMILES string of the molecule is COc1ccccc1N=Cc1ccc(-c2ccc(C#N)cc2)o1. The smallest absolute Gasteiger partial charge is 0.145 e. The Kier molecular flexibility index (Phi) is 4.21. The van der Waals surface area contributed by atoms with E-state index in [1.807, 2.05) is 48.5 Å². The van der Waals surface area contributed by atoms with Gasteiger partial charge in [0.2, 0.25) is 0 Å². The fourth-order valence-electron chi connectivity index (χ4n) is 2.16. The Morgan fingerprint density at radius 1 is 1.04 bits per heavy atom. The monoisotopic (exact) mass is 302 g/mol. The standard InChI is InChI=1S/C19H14N2O2/c1-22-19-5-3-2-4-17(19)21-13-16-10-11-18(23-16)15-8-6-14(12-20)7-9-15/h2-11,13H,1H3. The summed E-state index contributed by atoms with van der Waals surface area (Å²) in [5.74, 6) is 2.09. The van der Waals surface area contributed by atoms with E-state index >= 15 is 0 Å². The Balaban J connectivity index is 1.81. The first-order valence-electron chi connectivity index (χ1n) is 7.07. The van der Waals surface area contributed by atoms with Crippen LogP contribution < -0.4 is 4.74 Å². The maximum absolute atomic E-state index is 8.82. The normalized spacial score (nSPS) is 10.6. The topological polar surface area (TPSA) is 58.5 Å². The van der Waals surface area contributed by atoms with Crippen LogP contribution in [0.3, 0.4) is 0 Å². The van der Waals surface area contributed by atoms with E-state index in [1.54, 1.807) is 25.5 Å². The van der Waals surface area contributed by atoms with E-state index < -0.39 is 0 Å². The molecule has 0 unspecified atom stereocenters. The fraction of sp³-hybridized carbons (Fsp3) is 0.0526. The van der Waals surface area contributed by atoms with Gasteiger partial charge in [0.15, 0.2) is 0 Å².